The Hall–Kier alpha value is -2.49. The number of benzene rings is 1. The molecule has 0 amide bonds. The largest absolute Gasteiger partial charge is 0.309 e. The van der Waals surface area contributed by atoms with Crippen molar-refractivity contribution < 1.29 is 8.78 Å². The zero-order valence-electron chi connectivity index (χ0n) is 17.7. The van der Waals surface area contributed by atoms with Gasteiger partial charge in [0.2, 0.25) is 0 Å². The van der Waals surface area contributed by atoms with Crippen molar-refractivity contribution in [2.24, 2.45) is 0 Å². The Morgan fingerprint density at radius 1 is 1.31 bits per heavy atom. The minimum absolute atomic E-state index is 0.0366. The molecule has 5 rings (SSSR count). The SMILES string of the molecule is Cc1nc(C(C)n2cnc3sc4c(c3c2=O)CCC(NCc2c(F)cccc2F)C4)cs1. The van der Waals surface area contributed by atoms with Crippen molar-refractivity contribution in [3.8, 4) is 0 Å². The van der Waals surface area contributed by atoms with Crippen molar-refractivity contribution in [1.82, 2.24) is 19.9 Å². The maximum absolute atomic E-state index is 13.9. The van der Waals surface area contributed by atoms with Crippen LogP contribution in [0.25, 0.3) is 10.2 Å². The standard InChI is InChI=1S/C23H22F2N4OS2/c1-12(19-10-31-13(2)28-19)29-11-27-22-21(23(29)30)15-7-6-14(8-20(15)32-22)26-9-16-17(24)4-3-5-18(16)25/h3-5,10-12,14,26H,6-9H2,1-2H3. The summed E-state index contributed by atoms with van der Waals surface area (Å²) in [5, 5.41) is 6.94. The number of halogens is 2. The van der Waals surface area contributed by atoms with Crippen LogP contribution in [0.3, 0.4) is 0 Å². The maximum Gasteiger partial charge on any atom is 0.262 e. The van der Waals surface area contributed by atoms with Crippen molar-refractivity contribution in [3.05, 3.63) is 78.6 Å². The normalized spacial score (nSPS) is 16.9. The molecule has 0 radical (unpaired) electrons. The van der Waals surface area contributed by atoms with Crippen LogP contribution in [0.2, 0.25) is 0 Å². The van der Waals surface area contributed by atoms with Crippen molar-refractivity contribution in [3.63, 3.8) is 0 Å². The zero-order valence-corrected chi connectivity index (χ0v) is 19.3. The molecule has 5 nitrogen and oxygen atoms in total. The predicted octanol–water partition coefficient (Wildman–Crippen LogP) is 4.76. The summed E-state index contributed by atoms with van der Waals surface area (Å²) < 4.78 is 29.5. The summed E-state index contributed by atoms with van der Waals surface area (Å²) in [6.45, 7) is 4.05. The van der Waals surface area contributed by atoms with Crippen LogP contribution in [0.4, 0.5) is 8.78 Å². The number of hydrogen-bond donors (Lipinski definition) is 1. The molecule has 0 saturated carbocycles. The molecule has 3 heterocycles. The lowest BCUT2D eigenvalue weighted by molar-refractivity contribution is 0.445. The van der Waals surface area contributed by atoms with Gasteiger partial charge in [-0.3, -0.25) is 9.36 Å². The molecule has 4 aromatic rings. The molecule has 1 aliphatic rings. The van der Waals surface area contributed by atoms with Crippen molar-refractivity contribution in [2.75, 3.05) is 0 Å². The van der Waals surface area contributed by atoms with Gasteiger partial charge in [0.1, 0.15) is 16.5 Å². The molecule has 32 heavy (non-hydrogen) atoms. The first kappa shape index (κ1) is 21.4. The van der Waals surface area contributed by atoms with Gasteiger partial charge in [-0.15, -0.1) is 22.7 Å². The summed E-state index contributed by atoms with van der Waals surface area (Å²) in [4.78, 5) is 24.3. The monoisotopic (exact) mass is 472 g/mol. The van der Waals surface area contributed by atoms with Gasteiger partial charge in [-0.1, -0.05) is 6.07 Å². The summed E-state index contributed by atoms with van der Waals surface area (Å²) in [6, 6.07) is 3.82. The highest BCUT2D eigenvalue weighted by atomic mass is 32.1. The molecule has 9 heteroatoms. The van der Waals surface area contributed by atoms with Crippen LogP contribution in [0.5, 0.6) is 0 Å². The number of hydrogen-bond acceptors (Lipinski definition) is 6. The molecule has 2 unspecified atom stereocenters. The fourth-order valence-corrected chi connectivity index (χ4v) is 6.25. The second-order valence-corrected chi connectivity index (χ2v) is 10.3. The Labute approximate surface area is 191 Å². The molecule has 1 aromatic carbocycles. The molecule has 1 N–H and O–H groups in total. The van der Waals surface area contributed by atoms with E-state index in [1.165, 1.54) is 29.5 Å². The number of nitrogens with zero attached hydrogens (tertiary/aromatic N) is 3. The van der Waals surface area contributed by atoms with E-state index in [0.29, 0.717) is 11.8 Å². The van der Waals surface area contributed by atoms with E-state index in [0.717, 1.165) is 38.8 Å². The van der Waals surface area contributed by atoms with E-state index in [4.69, 9.17) is 0 Å². The molecule has 166 valence electrons. The van der Waals surface area contributed by atoms with Crippen molar-refractivity contribution >= 4 is 32.9 Å². The summed E-state index contributed by atoms with van der Waals surface area (Å²) in [5.41, 5.74) is 1.95. The second-order valence-electron chi connectivity index (χ2n) is 8.13. The number of thiophene rings is 1. The average molecular weight is 473 g/mol. The zero-order chi connectivity index (χ0) is 22.4. The molecular formula is C23H22F2N4OS2. The molecule has 0 aliphatic heterocycles. The molecule has 0 bridgehead atoms. The van der Waals surface area contributed by atoms with E-state index in [2.05, 4.69) is 15.3 Å². The van der Waals surface area contributed by atoms with Gasteiger partial charge < -0.3 is 5.32 Å². The van der Waals surface area contributed by atoms with Gasteiger partial charge in [0.15, 0.2) is 0 Å². The first-order valence-electron chi connectivity index (χ1n) is 10.5. The maximum atomic E-state index is 13.9. The number of aryl methyl sites for hydroxylation is 2. The van der Waals surface area contributed by atoms with Gasteiger partial charge in [0, 0.05) is 28.4 Å². The Balaban J connectivity index is 1.40. The smallest absolute Gasteiger partial charge is 0.262 e. The van der Waals surface area contributed by atoms with Gasteiger partial charge in [-0.05, 0) is 50.8 Å². The topological polar surface area (TPSA) is 59.8 Å². The molecule has 3 aromatic heterocycles. The van der Waals surface area contributed by atoms with E-state index in [-0.39, 0.29) is 29.8 Å². The third-order valence-electron chi connectivity index (χ3n) is 6.11. The predicted molar refractivity (Wildman–Crippen MR) is 124 cm³/mol. The molecule has 0 fully saturated rings. The minimum atomic E-state index is -0.537. The number of fused-ring (bicyclic) bond motifs is 3. The molecule has 2 atom stereocenters. The molecular weight excluding hydrogens is 450 g/mol. The van der Waals surface area contributed by atoms with Crippen LogP contribution in [0.15, 0.2) is 34.7 Å². The third-order valence-corrected chi connectivity index (χ3v) is 8.06. The fraction of sp³-hybridized carbons (Fsp3) is 0.348. The van der Waals surface area contributed by atoms with E-state index >= 15 is 0 Å². The van der Waals surface area contributed by atoms with Crippen molar-refractivity contribution in [1.29, 1.82) is 0 Å². The Morgan fingerprint density at radius 2 is 2.09 bits per heavy atom. The third kappa shape index (κ3) is 3.78. The quantitative estimate of drug-likeness (QED) is 0.455. The summed E-state index contributed by atoms with van der Waals surface area (Å²) >= 11 is 3.11. The van der Waals surface area contributed by atoms with Crippen LogP contribution < -0.4 is 10.9 Å². The van der Waals surface area contributed by atoms with Crippen LogP contribution >= 0.6 is 22.7 Å². The first-order chi connectivity index (χ1) is 15.4. The number of nitrogens with one attached hydrogen (secondary N) is 1. The van der Waals surface area contributed by atoms with Crippen LogP contribution in [0.1, 0.15) is 46.1 Å². The lowest BCUT2D eigenvalue weighted by Crippen LogP contribution is -2.34. The highest BCUT2D eigenvalue weighted by Crippen LogP contribution is 2.34. The van der Waals surface area contributed by atoms with E-state index in [1.54, 1.807) is 22.2 Å². The highest BCUT2D eigenvalue weighted by Gasteiger charge is 2.26. The van der Waals surface area contributed by atoms with Gasteiger partial charge in [0.25, 0.3) is 5.56 Å². The molecule has 0 saturated heterocycles. The summed E-state index contributed by atoms with van der Waals surface area (Å²) in [6.07, 6.45) is 3.86. The van der Waals surface area contributed by atoms with Gasteiger partial charge in [0.05, 0.1) is 28.5 Å². The Morgan fingerprint density at radius 3 is 2.81 bits per heavy atom. The van der Waals surface area contributed by atoms with Crippen molar-refractivity contribution in [2.45, 2.75) is 51.7 Å². The number of rotatable bonds is 5. The summed E-state index contributed by atoms with van der Waals surface area (Å²) in [7, 11) is 0. The van der Waals surface area contributed by atoms with Crippen LogP contribution in [-0.4, -0.2) is 20.6 Å². The van der Waals surface area contributed by atoms with Gasteiger partial charge >= 0.3 is 0 Å². The molecule has 1 aliphatic carbocycles. The summed E-state index contributed by atoms with van der Waals surface area (Å²) in [5.74, 6) is -1.07. The van der Waals surface area contributed by atoms with E-state index in [1.807, 2.05) is 19.2 Å². The minimum Gasteiger partial charge on any atom is -0.309 e. The molecule has 0 spiro atoms. The van der Waals surface area contributed by atoms with E-state index < -0.39 is 11.6 Å². The Kier molecular flexibility index (Phi) is 5.65. The Bertz CT molecular complexity index is 1340. The number of aromatic nitrogens is 3. The lowest BCUT2D eigenvalue weighted by atomic mass is 9.93. The van der Waals surface area contributed by atoms with E-state index in [9.17, 15) is 13.6 Å². The van der Waals surface area contributed by atoms with Crippen LogP contribution in [-0.2, 0) is 19.4 Å². The average Bonchev–Trinajstić information content (AvgIpc) is 3.36. The van der Waals surface area contributed by atoms with Crippen LogP contribution in [0, 0.1) is 18.6 Å². The van der Waals surface area contributed by atoms with Gasteiger partial charge in [-0.25, -0.2) is 18.7 Å². The number of thiazole rings is 1. The second kappa shape index (κ2) is 8.46. The highest BCUT2D eigenvalue weighted by molar-refractivity contribution is 7.18. The lowest BCUT2D eigenvalue weighted by Gasteiger charge is -2.23. The fourth-order valence-electron chi connectivity index (χ4n) is 4.29. The first-order valence-corrected chi connectivity index (χ1v) is 12.2. The van der Waals surface area contributed by atoms with Gasteiger partial charge in [-0.2, -0.15) is 0 Å².